The summed E-state index contributed by atoms with van der Waals surface area (Å²) in [5, 5.41) is 2.85. The van der Waals surface area contributed by atoms with Gasteiger partial charge in [-0.3, -0.25) is 4.79 Å². The summed E-state index contributed by atoms with van der Waals surface area (Å²) in [5.74, 6) is -0.764. The van der Waals surface area contributed by atoms with Crippen molar-refractivity contribution in [3.05, 3.63) is 39.7 Å². The number of amides is 1. The van der Waals surface area contributed by atoms with Crippen molar-refractivity contribution in [2.24, 2.45) is 5.92 Å². The summed E-state index contributed by atoms with van der Waals surface area (Å²) >= 11 is 4.74. The molecule has 0 bridgehead atoms. The maximum absolute atomic E-state index is 12.3. The second-order valence-electron chi connectivity index (χ2n) is 5.41. The number of carbonyl (C=O) groups excluding carboxylic acids is 2. The molecule has 0 spiro atoms. The van der Waals surface area contributed by atoms with Crippen LogP contribution < -0.4 is 5.32 Å². The molecule has 1 amide bonds. The molecule has 1 fully saturated rings. The zero-order valence-electron chi connectivity index (χ0n) is 13.0. The van der Waals surface area contributed by atoms with Gasteiger partial charge in [-0.2, -0.15) is 0 Å². The van der Waals surface area contributed by atoms with E-state index in [4.69, 9.17) is 9.47 Å². The van der Waals surface area contributed by atoms with Crippen molar-refractivity contribution in [2.45, 2.75) is 6.42 Å². The number of hydrogen-bond acceptors (Lipinski definition) is 5. The van der Waals surface area contributed by atoms with Crippen LogP contribution in [0.3, 0.4) is 0 Å². The first-order valence-electron chi connectivity index (χ1n) is 7.45. The van der Waals surface area contributed by atoms with Crippen molar-refractivity contribution in [3.63, 3.8) is 0 Å². The summed E-state index contributed by atoms with van der Waals surface area (Å²) in [5.41, 5.74) is 1.45. The Morgan fingerprint density at radius 2 is 2.21 bits per heavy atom. The summed E-state index contributed by atoms with van der Waals surface area (Å²) in [6.07, 6.45) is 0.696. The normalized spacial score (nSPS) is 16.8. The minimum absolute atomic E-state index is 0.128. The lowest BCUT2D eigenvalue weighted by atomic mass is 10.1. The van der Waals surface area contributed by atoms with Gasteiger partial charge in [0.05, 0.1) is 25.3 Å². The van der Waals surface area contributed by atoms with Gasteiger partial charge in [-0.15, -0.1) is 11.3 Å². The molecule has 1 aromatic heterocycles. The van der Waals surface area contributed by atoms with Crippen LogP contribution in [0.2, 0.25) is 0 Å². The molecular formula is C17H16BrNO4S. The molecule has 0 aliphatic carbocycles. The number of hydrogen-bond donors (Lipinski definition) is 1. The van der Waals surface area contributed by atoms with Gasteiger partial charge in [-0.1, -0.05) is 28.1 Å². The first-order chi connectivity index (χ1) is 11.6. The number of anilines is 1. The lowest BCUT2D eigenvalue weighted by Crippen LogP contribution is -2.23. The van der Waals surface area contributed by atoms with E-state index >= 15 is 0 Å². The largest absolute Gasteiger partial charge is 0.465 e. The summed E-state index contributed by atoms with van der Waals surface area (Å²) in [6.45, 7) is 1.01. The van der Waals surface area contributed by atoms with Crippen molar-refractivity contribution in [1.29, 1.82) is 0 Å². The number of esters is 1. The van der Waals surface area contributed by atoms with Gasteiger partial charge in [0.25, 0.3) is 0 Å². The highest BCUT2D eigenvalue weighted by Gasteiger charge is 2.26. The van der Waals surface area contributed by atoms with E-state index in [1.54, 1.807) is 0 Å². The standard InChI is InChI=1S/C17H16BrNO4S/c1-22-17(21)15-13(19-16(20)11-5-6-23-9-11)8-14(24-15)10-3-2-4-12(18)7-10/h2-4,7-8,11H,5-6,9H2,1H3,(H,19,20)/t11-/m0/s1. The second-order valence-corrected chi connectivity index (χ2v) is 7.37. The van der Waals surface area contributed by atoms with E-state index < -0.39 is 5.97 Å². The molecule has 126 valence electrons. The number of rotatable bonds is 4. The van der Waals surface area contributed by atoms with Crippen LogP contribution in [-0.2, 0) is 14.3 Å². The number of carbonyl (C=O) groups is 2. The van der Waals surface area contributed by atoms with Gasteiger partial charge in [-0.05, 0) is 30.2 Å². The zero-order valence-corrected chi connectivity index (χ0v) is 15.4. The van der Waals surface area contributed by atoms with Crippen LogP contribution in [0.1, 0.15) is 16.1 Å². The average Bonchev–Trinajstić information content (AvgIpc) is 3.24. The second kappa shape index (κ2) is 7.46. The number of ether oxygens (including phenoxy) is 2. The van der Waals surface area contributed by atoms with Crippen LogP contribution in [0, 0.1) is 5.92 Å². The van der Waals surface area contributed by atoms with Crippen molar-refractivity contribution < 1.29 is 19.1 Å². The Kier molecular flexibility index (Phi) is 5.33. The average molecular weight is 410 g/mol. The number of benzene rings is 1. The predicted octanol–water partition coefficient (Wildman–Crippen LogP) is 3.94. The van der Waals surface area contributed by atoms with Crippen molar-refractivity contribution in [1.82, 2.24) is 0 Å². The Bertz CT molecular complexity index is 768. The van der Waals surface area contributed by atoms with Crippen LogP contribution >= 0.6 is 27.3 Å². The monoisotopic (exact) mass is 409 g/mol. The van der Waals surface area contributed by atoms with E-state index in [9.17, 15) is 9.59 Å². The van der Waals surface area contributed by atoms with Crippen LogP contribution in [0.5, 0.6) is 0 Å². The quantitative estimate of drug-likeness (QED) is 0.776. The molecule has 1 N–H and O–H groups in total. The van der Waals surface area contributed by atoms with Crippen LogP contribution in [-0.4, -0.2) is 32.2 Å². The molecule has 7 heteroatoms. The molecular weight excluding hydrogens is 394 g/mol. The minimum Gasteiger partial charge on any atom is -0.465 e. The smallest absolute Gasteiger partial charge is 0.350 e. The molecule has 5 nitrogen and oxygen atoms in total. The fourth-order valence-electron chi connectivity index (χ4n) is 2.49. The third-order valence-corrected chi connectivity index (χ3v) is 5.43. The minimum atomic E-state index is -0.459. The molecule has 1 saturated heterocycles. The number of halogens is 1. The number of nitrogens with one attached hydrogen (secondary N) is 1. The van der Waals surface area contributed by atoms with E-state index in [1.807, 2.05) is 30.3 Å². The van der Waals surface area contributed by atoms with Crippen LogP contribution in [0.15, 0.2) is 34.8 Å². The molecule has 3 rings (SSSR count). The van der Waals surface area contributed by atoms with Crippen molar-refractivity contribution >= 4 is 44.8 Å². The van der Waals surface area contributed by atoms with Gasteiger partial charge in [0.2, 0.25) is 5.91 Å². The van der Waals surface area contributed by atoms with Gasteiger partial charge < -0.3 is 14.8 Å². The lowest BCUT2D eigenvalue weighted by molar-refractivity contribution is -0.119. The van der Waals surface area contributed by atoms with Crippen LogP contribution in [0.4, 0.5) is 5.69 Å². The lowest BCUT2D eigenvalue weighted by Gasteiger charge is -2.09. The SMILES string of the molecule is COC(=O)c1sc(-c2cccc(Br)c2)cc1NC(=O)[C@H]1CCOC1. The Balaban J connectivity index is 1.91. The first kappa shape index (κ1) is 17.1. The molecule has 1 aromatic carbocycles. The molecule has 0 saturated carbocycles. The molecule has 24 heavy (non-hydrogen) atoms. The van der Waals surface area contributed by atoms with E-state index in [0.29, 0.717) is 30.2 Å². The maximum Gasteiger partial charge on any atom is 0.350 e. The summed E-state index contributed by atoms with van der Waals surface area (Å²) < 4.78 is 11.0. The van der Waals surface area contributed by atoms with Gasteiger partial charge in [0.15, 0.2) is 0 Å². The predicted molar refractivity (Wildman–Crippen MR) is 96.4 cm³/mol. The van der Waals surface area contributed by atoms with E-state index in [1.165, 1.54) is 18.4 Å². The molecule has 0 unspecified atom stereocenters. The van der Waals surface area contributed by atoms with Gasteiger partial charge >= 0.3 is 5.97 Å². The molecule has 2 heterocycles. The number of methoxy groups -OCH3 is 1. The molecule has 0 radical (unpaired) electrons. The van der Waals surface area contributed by atoms with Gasteiger partial charge in [0.1, 0.15) is 4.88 Å². The van der Waals surface area contributed by atoms with E-state index in [0.717, 1.165) is 14.9 Å². The summed E-state index contributed by atoms with van der Waals surface area (Å²) in [4.78, 5) is 25.7. The molecule has 1 aliphatic heterocycles. The van der Waals surface area contributed by atoms with Crippen molar-refractivity contribution in [3.8, 4) is 10.4 Å². The first-order valence-corrected chi connectivity index (χ1v) is 9.06. The molecule has 2 aromatic rings. The Morgan fingerprint density at radius 1 is 1.38 bits per heavy atom. The van der Waals surface area contributed by atoms with Crippen LogP contribution in [0.25, 0.3) is 10.4 Å². The number of thiophene rings is 1. The van der Waals surface area contributed by atoms with Gasteiger partial charge in [0, 0.05) is 16.0 Å². The summed E-state index contributed by atoms with van der Waals surface area (Å²) in [7, 11) is 1.33. The fourth-order valence-corrected chi connectivity index (χ4v) is 3.92. The molecule has 1 aliphatic rings. The van der Waals surface area contributed by atoms with Gasteiger partial charge in [-0.25, -0.2) is 4.79 Å². The molecule has 1 atom stereocenters. The highest BCUT2D eigenvalue weighted by atomic mass is 79.9. The fraction of sp³-hybridized carbons (Fsp3) is 0.294. The highest BCUT2D eigenvalue weighted by molar-refractivity contribution is 9.10. The topological polar surface area (TPSA) is 64.6 Å². The van der Waals surface area contributed by atoms with Crippen molar-refractivity contribution in [2.75, 3.05) is 25.6 Å². The Morgan fingerprint density at radius 3 is 2.88 bits per heavy atom. The highest BCUT2D eigenvalue weighted by Crippen LogP contribution is 2.36. The Labute approximate surface area is 152 Å². The Hall–Kier alpha value is -1.70. The zero-order chi connectivity index (χ0) is 17.1. The van der Waals surface area contributed by atoms with E-state index in [-0.39, 0.29) is 11.8 Å². The maximum atomic E-state index is 12.3. The summed E-state index contributed by atoms with van der Waals surface area (Å²) in [6, 6.07) is 9.58. The third-order valence-electron chi connectivity index (χ3n) is 3.77. The van der Waals surface area contributed by atoms with E-state index in [2.05, 4.69) is 21.2 Å². The third kappa shape index (κ3) is 3.68.